The molecule has 0 aliphatic carbocycles. The van der Waals surface area contributed by atoms with E-state index in [2.05, 4.69) is 29.3 Å². The molecular weight excluding hydrogens is 434 g/mol. The van der Waals surface area contributed by atoms with E-state index in [0.717, 1.165) is 29.2 Å². The van der Waals surface area contributed by atoms with Crippen molar-refractivity contribution in [3.8, 4) is 0 Å². The van der Waals surface area contributed by atoms with Crippen molar-refractivity contribution in [2.24, 2.45) is 5.92 Å². The second-order valence-electron chi connectivity index (χ2n) is 8.26. The van der Waals surface area contributed by atoms with Gasteiger partial charge < -0.3 is 10.2 Å². The summed E-state index contributed by atoms with van der Waals surface area (Å²) >= 11 is 6.15. The summed E-state index contributed by atoms with van der Waals surface area (Å²) < 4.78 is 25.5. The van der Waals surface area contributed by atoms with Crippen LogP contribution in [0.3, 0.4) is 0 Å². The molecule has 1 fully saturated rings. The first-order chi connectivity index (χ1) is 14.7. The molecule has 0 radical (unpaired) electrons. The Morgan fingerprint density at radius 1 is 1.19 bits per heavy atom. The van der Waals surface area contributed by atoms with Gasteiger partial charge >= 0.3 is 0 Å². The molecule has 0 spiro atoms. The first-order valence-electron chi connectivity index (χ1n) is 10.5. The summed E-state index contributed by atoms with van der Waals surface area (Å²) in [5.74, 6) is 0.350. The third-order valence-electron chi connectivity index (χ3n) is 5.54. The molecular formula is C23H30ClN3O3S. The first-order valence-corrected chi connectivity index (χ1v) is 12.7. The summed E-state index contributed by atoms with van der Waals surface area (Å²) in [7, 11) is -3.57. The van der Waals surface area contributed by atoms with Crippen molar-refractivity contribution in [2.75, 3.05) is 30.8 Å². The third-order valence-corrected chi connectivity index (χ3v) is 7.11. The average molecular weight is 464 g/mol. The normalized spacial score (nSPS) is 17.0. The molecule has 1 atom stereocenters. The molecule has 0 bridgehead atoms. The van der Waals surface area contributed by atoms with Crippen molar-refractivity contribution in [2.45, 2.75) is 32.9 Å². The molecule has 0 aromatic heterocycles. The van der Waals surface area contributed by atoms with Gasteiger partial charge in [0, 0.05) is 36.9 Å². The lowest BCUT2D eigenvalue weighted by Gasteiger charge is -2.32. The molecule has 8 heteroatoms. The Balaban J connectivity index is 1.56. The highest BCUT2D eigenvalue weighted by Gasteiger charge is 2.21. The van der Waals surface area contributed by atoms with Gasteiger partial charge in [-0.2, -0.15) is 4.31 Å². The van der Waals surface area contributed by atoms with E-state index < -0.39 is 10.0 Å². The second kappa shape index (κ2) is 10.5. The molecule has 3 rings (SSSR count). The van der Waals surface area contributed by atoms with Crippen LogP contribution in [-0.2, 0) is 27.9 Å². The fraction of sp³-hybridized carbons (Fsp3) is 0.435. The molecule has 6 nitrogen and oxygen atoms in total. The van der Waals surface area contributed by atoms with Gasteiger partial charge in [0.1, 0.15) is 0 Å². The summed E-state index contributed by atoms with van der Waals surface area (Å²) in [4.78, 5) is 14.8. The molecule has 1 aliphatic rings. The maximum absolute atomic E-state index is 12.4. The van der Waals surface area contributed by atoms with Crippen LogP contribution in [0.2, 0.25) is 5.02 Å². The average Bonchev–Trinajstić information content (AvgIpc) is 2.73. The van der Waals surface area contributed by atoms with E-state index in [0.29, 0.717) is 23.0 Å². The Hall–Kier alpha value is -2.09. The summed E-state index contributed by atoms with van der Waals surface area (Å²) in [5, 5.41) is 3.29. The van der Waals surface area contributed by atoms with Crippen molar-refractivity contribution < 1.29 is 13.2 Å². The molecule has 1 heterocycles. The highest BCUT2D eigenvalue weighted by Crippen LogP contribution is 2.23. The van der Waals surface area contributed by atoms with E-state index in [-0.39, 0.29) is 19.0 Å². The van der Waals surface area contributed by atoms with Gasteiger partial charge in [-0.25, -0.2) is 8.42 Å². The van der Waals surface area contributed by atoms with Gasteiger partial charge in [-0.05, 0) is 48.1 Å². The number of amides is 1. The van der Waals surface area contributed by atoms with Gasteiger partial charge in [0.25, 0.3) is 0 Å². The Bertz CT molecular complexity index is 995. The lowest BCUT2D eigenvalue weighted by Crippen LogP contribution is -2.39. The number of rotatable bonds is 8. The van der Waals surface area contributed by atoms with E-state index in [4.69, 9.17) is 11.6 Å². The number of hydrogen-bond acceptors (Lipinski definition) is 4. The highest BCUT2D eigenvalue weighted by molar-refractivity contribution is 7.88. The fourth-order valence-corrected chi connectivity index (χ4v) is 4.69. The zero-order valence-corrected chi connectivity index (χ0v) is 19.6. The van der Waals surface area contributed by atoms with Crippen molar-refractivity contribution in [3.63, 3.8) is 0 Å². The molecule has 168 valence electrons. The second-order valence-corrected chi connectivity index (χ2v) is 10.6. The van der Waals surface area contributed by atoms with Crippen molar-refractivity contribution in [1.29, 1.82) is 0 Å². The SMILES string of the molecule is CC1CCCN(c2ccc(CNC(=O)CN(Cc3ccccc3Cl)S(C)(=O)=O)cc2)C1. The van der Waals surface area contributed by atoms with Crippen LogP contribution in [-0.4, -0.2) is 44.5 Å². The molecule has 2 aromatic carbocycles. The number of carbonyl (C=O) groups excluding carboxylic acids is 1. The minimum absolute atomic E-state index is 0.0505. The molecule has 1 unspecified atom stereocenters. The molecule has 31 heavy (non-hydrogen) atoms. The number of halogens is 1. The Kier molecular flexibility index (Phi) is 7.97. The van der Waals surface area contributed by atoms with Crippen LogP contribution in [0.5, 0.6) is 0 Å². The van der Waals surface area contributed by atoms with Gasteiger partial charge in [0.05, 0.1) is 12.8 Å². The Labute approximate surface area is 190 Å². The van der Waals surface area contributed by atoms with E-state index in [1.807, 2.05) is 12.1 Å². The van der Waals surface area contributed by atoms with Gasteiger partial charge in [0.2, 0.25) is 15.9 Å². The Morgan fingerprint density at radius 3 is 2.55 bits per heavy atom. The third kappa shape index (κ3) is 6.95. The topological polar surface area (TPSA) is 69.7 Å². The van der Waals surface area contributed by atoms with Crippen molar-refractivity contribution in [1.82, 2.24) is 9.62 Å². The van der Waals surface area contributed by atoms with E-state index in [1.165, 1.54) is 18.5 Å². The number of sulfonamides is 1. The van der Waals surface area contributed by atoms with E-state index >= 15 is 0 Å². The number of nitrogens with zero attached hydrogens (tertiary/aromatic N) is 2. The van der Waals surface area contributed by atoms with Gasteiger partial charge in [-0.3, -0.25) is 4.79 Å². The number of nitrogens with one attached hydrogen (secondary N) is 1. The number of piperidine rings is 1. The summed E-state index contributed by atoms with van der Waals surface area (Å²) in [6.45, 7) is 4.57. The number of hydrogen-bond donors (Lipinski definition) is 1. The van der Waals surface area contributed by atoms with Gasteiger partial charge in [0.15, 0.2) is 0 Å². The molecule has 2 aromatic rings. The number of carbonyl (C=O) groups is 1. The van der Waals surface area contributed by atoms with Crippen LogP contribution in [0.25, 0.3) is 0 Å². The monoisotopic (exact) mass is 463 g/mol. The zero-order chi connectivity index (χ0) is 22.4. The first kappa shape index (κ1) is 23.6. The molecule has 1 amide bonds. The molecule has 0 saturated carbocycles. The number of anilines is 1. The summed E-state index contributed by atoms with van der Waals surface area (Å²) in [5.41, 5.74) is 2.83. The standard InChI is InChI=1S/C23H30ClN3O3S/c1-18-6-5-13-26(15-18)21-11-9-19(10-12-21)14-25-23(28)17-27(31(2,29)30)16-20-7-3-4-8-22(20)24/h3-4,7-12,18H,5-6,13-17H2,1-2H3,(H,25,28). The van der Waals surface area contributed by atoms with Crippen LogP contribution in [0.1, 0.15) is 30.9 Å². The van der Waals surface area contributed by atoms with Gasteiger partial charge in [-0.1, -0.05) is 48.9 Å². The maximum atomic E-state index is 12.4. The minimum Gasteiger partial charge on any atom is -0.371 e. The van der Waals surface area contributed by atoms with Crippen molar-refractivity contribution in [3.05, 3.63) is 64.7 Å². The Morgan fingerprint density at radius 2 is 1.90 bits per heavy atom. The summed E-state index contributed by atoms with van der Waals surface area (Å²) in [6, 6.07) is 15.2. The van der Waals surface area contributed by atoms with Crippen molar-refractivity contribution >= 4 is 33.2 Å². The predicted molar refractivity (Wildman–Crippen MR) is 126 cm³/mol. The van der Waals surface area contributed by atoms with Crippen LogP contribution < -0.4 is 10.2 Å². The quantitative estimate of drug-likeness (QED) is 0.648. The van der Waals surface area contributed by atoms with Crippen LogP contribution in [0.4, 0.5) is 5.69 Å². The number of benzene rings is 2. The van der Waals surface area contributed by atoms with E-state index in [9.17, 15) is 13.2 Å². The lowest BCUT2D eigenvalue weighted by molar-refractivity contribution is -0.121. The molecule has 1 saturated heterocycles. The highest BCUT2D eigenvalue weighted by atomic mass is 35.5. The fourth-order valence-electron chi connectivity index (χ4n) is 3.77. The maximum Gasteiger partial charge on any atom is 0.235 e. The minimum atomic E-state index is -3.57. The van der Waals surface area contributed by atoms with Crippen LogP contribution in [0, 0.1) is 5.92 Å². The summed E-state index contributed by atoms with van der Waals surface area (Å²) in [6.07, 6.45) is 3.59. The molecule has 1 aliphatic heterocycles. The smallest absolute Gasteiger partial charge is 0.235 e. The molecule has 1 N–H and O–H groups in total. The van der Waals surface area contributed by atoms with Crippen LogP contribution >= 0.6 is 11.6 Å². The zero-order valence-electron chi connectivity index (χ0n) is 18.1. The van der Waals surface area contributed by atoms with Gasteiger partial charge in [-0.15, -0.1) is 0 Å². The predicted octanol–water partition coefficient (Wildman–Crippen LogP) is 3.65. The lowest BCUT2D eigenvalue weighted by atomic mass is 9.99. The largest absolute Gasteiger partial charge is 0.371 e. The van der Waals surface area contributed by atoms with Crippen LogP contribution in [0.15, 0.2) is 48.5 Å². The van der Waals surface area contributed by atoms with E-state index in [1.54, 1.807) is 24.3 Å².